The van der Waals surface area contributed by atoms with E-state index in [1.807, 2.05) is 24.3 Å². The second-order valence-electron chi connectivity index (χ2n) is 3.31. The molecule has 0 aliphatic heterocycles. The Bertz CT molecular complexity index is 497. The maximum atomic E-state index is 6.03. The second-order valence-corrected chi connectivity index (χ2v) is 4.52. The van der Waals surface area contributed by atoms with Crippen LogP contribution in [0, 0.1) is 6.92 Å². The average molecular weight is 283 g/mol. The molecule has 0 aliphatic carbocycles. The summed E-state index contributed by atoms with van der Waals surface area (Å²) in [6.45, 7) is 2.05. The predicted molar refractivity (Wildman–Crippen MR) is 67.1 cm³/mol. The molecule has 0 amide bonds. The van der Waals surface area contributed by atoms with Crippen molar-refractivity contribution in [1.29, 1.82) is 0 Å². The number of benzene rings is 1. The molecule has 0 spiro atoms. The number of hydrogen-bond acceptors (Lipinski definition) is 1. The van der Waals surface area contributed by atoms with E-state index in [4.69, 9.17) is 11.6 Å². The molecule has 15 heavy (non-hydrogen) atoms. The van der Waals surface area contributed by atoms with Gasteiger partial charge in [-0.1, -0.05) is 39.7 Å². The van der Waals surface area contributed by atoms with E-state index in [0.717, 1.165) is 15.6 Å². The highest BCUT2D eigenvalue weighted by Crippen LogP contribution is 2.28. The zero-order valence-electron chi connectivity index (χ0n) is 8.17. The second kappa shape index (κ2) is 4.33. The molecule has 3 heteroatoms. The number of hydrogen-bond donors (Lipinski definition) is 0. The lowest BCUT2D eigenvalue weighted by molar-refractivity contribution is 1.32. The Labute approximate surface area is 102 Å². The summed E-state index contributed by atoms with van der Waals surface area (Å²) in [5.41, 5.74) is 3.25. The van der Waals surface area contributed by atoms with E-state index in [0.29, 0.717) is 5.15 Å². The normalized spacial score (nSPS) is 10.3. The Morgan fingerprint density at radius 2 is 2.07 bits per heavy atom. The van der Waals surface area contributed by atoms with Crippen molar-refractivity contribution in [2.24, 2.45) is 0 Å². The zero-order chi connectivity index (χ0) is 10.8. The molecule has 76 valence electrons. The standard InChI is InChI=1S/C12H9BrClN/c1-8-7-9(4-5-11(8)13)10-3-2-6-15-12(10)14/h2-7H,1H3. The van der Waals surface area contributed by atoms with Crippen LogP contribution >= 0.6 is 27.5 Å². The van der Waals surface area contributed by atoms with Crippen LogP contribution in [0.15, 0.2) is 41.0 Å². The SMILES string of the molecule is Cc1cc(-c2cccnc2Cl)ccc1Br. The third-order valence-electron chi connectivity index (χ3n) is 2.23. The Kier molecular flexibility index (Phi) is 3.08. The molecule has 0 N–H and O–H groups in total. The molecule has 0 saturated heterocycles. The van der Waals surface area contributed by atoms with Crippen LogP contribution in [0.1, 0.15) is 5.56 Å². The van der Waals surface area contributed by atoms with Gasteiger partial charge in [0.25, 0.3) is 0 Å². The maximum absolute atomic E-state index is 6.03. The number of aromatic nitrogens is 1. The highest BCUT2D eigenvalue weighted by atomic mass is 79.9. The lowest BCUT2D eigenvalue weighted by Crippen LogP contribution is -1.84. The summed E-state index contributed by atoms with van der Waals surface area (Å²) >= 11 is 9.50. The van der Waals surface area contributed by atoms with E-state index in [2.05, 4.69) is 33.9 Å². The van der Waals surface area contributed by atoms with Crippen molar-refractivity contribution < 1.29 is 0 Å². The van der Waals surface area contributed by atoms with Crippen molar-refractivity contribution >= 4 is 27.5 Å². The Morgan fingerprint density at radius 3 is 2.73 bits per heavy atom. The summed E-state index contributed by atoms with van der Waals surface area (Å²) in [4.78, 5) is 4.06. The Balaban J connectivity index is 2.55. The first kappa shape index (κ1) is 10.7. The molecule has 0 aliphatic rings. The molecule has 1 aromatic heterocycles. The van der Waals surface area contributed by atoms with Gasteiger partial charge in [-0.05, 0) is 36.2 Å². The van der Waals surface area contributed by atoms with Crippen molar-refractivity contribution in [1.82, 2.24) is 4.98 Å². The summed E-state index contributed by atoms with van der Waals surface area (Å²) in [6.07, 6.45) is 1.69. The lowest BCUT2D eigenvalue weighted by Gasteiger charge is -2.05. The summed E-state index contributed by atoms with van der Waals surface area (Å²) in [5.74, 6) is 0. The Morgan fingerprint density at radius 1 is 1.27 bits per heavy atom. The van der Waals surface area contributed by atoms with Crippen LogP contribution in [-0.2, 0) is 0 Å². The molecule has 0 fully saturated rings. The van der Waals surface area contributed by atoms with Gasteiger partial charge in [0, 0.05) is 16.2 Å². The number of rotatable bonds is 1. The third kappa shape index (κ3) is 2.21. The van der Waals surface area contributed by atoms with E-state index >= 15 is 0 Å². The molecule has 1 heterocycles. The van der Waals surface area contributed by atoms with Crippen molar-refractivity contribution in [3.05, 3.63) is 51.7 Å². The van der Waals surface area contributed by atoms with Crippen molar-refractivity contribution in [3.8, 4) is 11.1 Å². The first-order chi connectivity index (χ1) is 7.18. The first-order valence-electron chi connectivity index (χ1n) is 4.55. The zero-order valence-corrected chi connectivity index (χ0v) is 10.5. The molecule has 2 aromatic rings. The molecule has 0 unspecified atom stereocenters. The van der Waals surface area contributed by atoms with Crippen LogP contribution in [0.25, 0.3) is 11.1 Å². The molecule has 0 radical (unpaired) electrons. The van der Waals surface area contributed by atoms with E-state index in [9.17, 15) is 0 Å². The highest BCUT2D eigenvalue weighted by Gasteiger charge is 2.04. The van der Waals surface area contributed by atoms with E-state index in [1.165, 1.54) is 5.56 Å². The fourth-order valence-corrected chi connectivity index (χ4v) is 1.89. The Hall–Kier alpha value is -0.860. The van der Waals surface area contributed by atoms with Gasteiger partial charge in [-0.3, -0.25) is 0 Å². The number of aryl methyl sites for hydroxylation is 1. The van der Waals surface area contributed by atoms with Gasteiger partial charge in [-0.15, -0.1) is 0 Å². The van der Waals surface area contributed by atoms with Crippen molar-refractivity contribution in [2.75, 3.05) is 0 Å². The van der Waals surface area contributed by atoms with Gasteiger partial charge in [0.1, 0.15) is 5.15 Å². The molecular formula is C12H9BrClN. The molecule has 1 nitrogen and oxygen atoms in total. The molecular weight excluding hydrogens is 273 g/mol. The van der Waals surface area contributed by atoms with Gasteiger partial charge in [-0.25, -0.2) is 4.98 Å². The maximum Gasteiger partial charge on any atom is 0.136 e. The van der Waals surface area contributed by atoms with Crippen LogP contribution in [0.3, 0.4) is 0 Å². The molecule has 0 atom stereocenters. The van der Waals surface area contributed by atoms with E-state index in [-0.39, 0.29) is 0 Å². The summed E-state index contributed by atoms with van der Waals surface area (Å²) in [5, 5.41) is 0.541. The fourth-order valence-electron chi connectivity index (χ4n) is 1.41. The highest BCUT2D eigenvalue weighted by molar-refractivity contribution is 9.10. The monoisotopic (exact) mass is 281 g/mol. The van der Waals surface area contributed by atoms with Crippen LogP contribution in [0.5, 0.6) is 0 Å². The minimum Gasteiger partial charge on any atom is -0.244 e. The topological polar surface area (TPSA) is 12.9 Å². The van der Waals surface area contributed by atoms with Gasteiger partial charge in [-0.2, -0.15) is 0 Å². The summed E-state index contributed by atoms with van der Waals surface area (Å²) < 4.78 is 1.10. The number of halogens is 2. The summed E-state index contributed by atoms with van der Waals surface area (Å²) in [6, 6.07) is 10.00. The van der Waals surface area contributed by atoms with Crippen LogP contribution in [-0.4, -0.2) is 4.98 Å². The quantitative estimate of drug-likeness (QED) is 0.703. The van der Waals surface area contributed by atoms with Gasteiger partial charge in [0.15, 0.2) is 0 Å². The average Bonchev–Trinajstić information content (AvgIpc) is 2.23. The minimum absolute atomic E-state index is 0.541. The third-order valence-corrected chi connectivity index (χ3v) is 3.42. The molecule has 0 bridgehead atoms. The van der Waals surface area contributed by atoms with Gasteiger partial charge >= 0.3 is 0 Å². The van der Waals surface area contributed by atoms with Crippen LogP contribution in [0.2, 0.25) is 5.15 Å². The van der Waals surface area contributed by atoms with Crippen LogP contribution < -0.4 is 0 Å². The largest absolute Gasteiger partial charge is 0.244 e. The van der Waals surface area contributed by atoms with Gasteiger partial charge < -0.3 is 0 Å². The number of nitrogens with zero attached hydrogens (tertiary/aromatic N) is 1. The first-order valence-corrected chi connectivity index (χ1v) is 5.72. The lowest BCUT2D eigenvalue weighted by atomic mass is 10.1. The fraction of sp³-hybridized carbons (Fsp3) is 0.0833. The van der Waals surface area contributed by atoms with Crippen molar-refractivity contribution in [2.45, 2.75) is 6.92 Å². The summed E-state index contributed by atoms with van der Waals surface area (Å²) in [7, 11) is 0. The minimum atomic E-state index is 0.541. The van der Waals surface area contributed by atoms with Crippen molar-refractivity contribution in [3.63, 3.8) is 0 Å². The van der Waals surface area contributed by atoms with Crippen LogP contribution in [0.4, 0.5) is 0 Å². The van der Waals surface area contributed by atoms with E-state index in [1.54, 1.807) is 6.20 Å². The smallest absolute Gasteiger partial charge is 0.136 e. The molecule has 1 aromatic carbocycles. The predicted octanol–water partition coefficient (Wildman–Crippen LogP) is 4.47. The van der Waals surface area contributed by atoms with Gasteiger partial charge in [0.05, 0.1) is 0 Å². The number of pyridine rings is 1. The van der Waals surface area contributed by atoms with E-state index < -0.39 is 0 Å². The molecule has 2 rings (SSSR count). The molecule has 0 saturated carbocycles. The van der Waals surface area contributed by atoms with Gasteiger partial charge in [0.2, 0.25) is 0 Å².